The maximum Gasteiger partial charge on any atom is 0.325 e. The number of aliphatic hydroxyl groups excluding tert-OH is 1. The van der Waals surface area contributed by atoms with Crippen LogP contribution in [0.3, 0.4) is 0 Å². The van der Waals surface area contributed by atoms with Crippen molar-refractivity contribution in [1.29, 1.82) is 0 Å². The second kappa shape index (κ2) is 5.97. The highest BCUT2D eigenvalue weighted by molar-refractivity contribution is 5.75. The molecule has 12 heavy (non-hydrogen) atoms. The largest absolute Gasteiger partial charge is 0.468 e. The normalized spacial score (nSPS) is 15.3. The highest BCUT2D eigenvalue weighted by atomic mass is 16.5. The fourth-order valence-electron chi connectivity index (χ4n) is 0.799. The molecule has 2 unspecified atom stereocenters. The van der Waals surface area contributed by atoms with E-state index in [-0.39, 0.29) is 12.6 Å². The number of aliphatic hydroxyl groups is 1. The molecule has 72 valence electrons. The van der Waals surface area contributed by atoms with Crippen LogP contribution in [-0.2, 0) is 9.53 Å². The third-order valence-electron chi connectivity index (χ3n) is 1.77. The number of esters is 1. The van der Waals surface area contributed by atoms with Gasteiger partial charge in [0.2, 0.25) is 0 Å². The third-order valence-corrected chi connectivity index (χ3v) is 1.77. The third kappa shape index (κ3) is 3.69. The second-order valence-corrected chi connectivity index (χ2v) is 2.73. The number of hydrogen-bond donors (Lipinski definition) is 2. The summed E-state index contributed by atoms with van der Waals surface area (Å²) in [5.41, 5.74) is 0. The molecule has 0 aromatic heterocycles. The summed E-state index contributed by atoms with van der Waals surface area (Å²) in [5.74, 6) is -0.419. The van der Waals surface area contributed by atoms with Gasteiger partial charge in [0.1, 0.15) is 6.04 Å². The first-order valence-electron chi connectivity index (χ1n) is 4.10. The highest BCUT2D eigenvalue weighted by Gasteiger charge is 2.18. The average Bonchev–Trinajstić information content (AvgIpc) is 2.12. The molecule has 0 saturated carbocycles. The first-order chi connectivity index (χ1) is 5.65. The molecule has 0 aliphatic heterocycles. The van der Waals surface area contributed by atoms with Gasteiger partial charge >= 0.3 is 5.97 Å². The van der Waals surface area contributed by atoms with Crippen LogP contribution in [0.4, 0.5) is 0 Å². The van der Waals surface area contributed by atoms with Crippen LogP contribution in [0.2, 0.25) is 0 Å². The van der Waals surface area contributed by atoms with E-state index in [0.717, 1.165) is 6.42 Å². The molecule has 0 aliphatic rings. The van der Waals surface area contributed by atoms with E-state index in [1.165, 1.54) is 7.11 Å². The van der Waals surface area contributed by atoms with E-state index >= 15 is 0 Å². The molecule has 4 nitrogen and oxygen atoms in total. The molecular formula is C8H17NO3. The first kappa shape index (κ1) is 11.4. The molecule has 0 rings (SSSR count). The second-order valence-electron chi connectivity index (χ2n) is 2.73. The number of methoxy groups -OCH3 is 1. The monoisotopic (exact) mass is 175 g/mol. The van der Waals surface area contributed by atoms with E-state index < -0.39 is 12.0 Å². The van der Waals surface area contributed by atoms with Gasteiger partial charge in [0.15, 0.2) is 0 Å². The quantitative estimate of drug-likeness (QED) is 0.573. The lowest BCUT2D eigenvalue weighted by Crippen LogP contribution is -2.44. The van der Waals surface area contributed by atoms with Gasteiger partial charge in [-0.15, -0.1) is 0 Å². The van der Waals surface area contributed by atoms with Crippen LogP contribution < -0.4 is 5.32 Å². The Labute approximate surface area is 72.9 Å². The zero-order chi connectivity index (χ0) is 9.56. The van der Waals surface area contributed by atoms with E-state index in [1.807, 2.05) is 13.8 Å². The number of carbonyl (C=O) groups excluding carboxylic acids is 1. The maximum atomic E-state index is 10.9. The summed E-state index contributed by atoms with van der Waals surface area (Å²) >= 11 is 0. The Hall–Kier alpha value is -0.610. The molecule has 0 amide bonds. The van der Waals surface area contributed by atoms with Gasteiger partial charge in [0, 0.05) is 6.04 Å². The van der Waals surface area contributed by atoms with E-state index in [1.54, 1.807) is 0 Å². The maximum absolute atomic E-state index is 10.9. The minimum Gasteiger partial charge on any atom is -0.468 e. The van der Waals surface area contributed by atoms with Gasteiger partial charge < -0.3 is 9.84 Å². The van der Waals surface area contributed by atoms with Crippen molar-refractivity contribution in [1.82, 2.24) is 5.32 Å². The number of carbonyl (C=O) groups is 1. The van der Waals surface area contributed by atoms with Crippen molar-refractivity contribution in [2.24, 2.45) is 0 Å². The van der Waals surface area contributed by atoms with Crippen LogP contribution in [0, 0.1) is 0 Å². The lowest BCUT2D eigenvalue weighted by Gasteiger charge is -2.18. The molecule has 2 N–H and O–H groups in total. The van der Waals surface area contributed by atoms with E-state index in [4.69, 9.17) is 5.11 Å². The Bertz CT molecular complexity index is 138. The molecule has 0 aromatic carbocycles. The van der Waals surface area contributed by atoms with E-state index in [9.17, 15) is 4.79 Å². The predicted octanol–water partition coefficient (Wildman–Crippen LogP) is -0.0916. The molecule has 0 heterocycles. The average molecular weight is 175 g/mol. The molecule has 0 bridgehead atoms. The number of rotatable bonds is 5. The Morgan fingerprint density at radius 2 is 2.25 bits per heavy atom. The zero-order valence-corrected chi connectivity index (χ0v) is 7.83. The summed E-state index contributed by atoms with van der Waals surface area (Å²) in [6.07, 6.45) is 0.910. The Morgan fingerprint density at radius 3 is 2.58 bits per heavy atom. The molecule has 0 fully saturated rings. The zero-order valence-electron chi connectivity index (χ0n) is 7.83. The number of ether oxygens (including phenoxy) is 1. The summed E-state index contributed by atoms with van der Waals surface area (Å²) in [6.45, 7) is 3.73. The molecule has 2 atom stereocenters. The Balaban J connectivity index is 3.90. The van der Waals surface area contributed by atoms with Crippen LogP contribution in [0.5, 0.6) is 0 Å². The topological polar surface area (TPSA) is 58.6 Å². The summed E-state index contributed by atoms with van der Waals surface area (Å²) in [5, 5.41) is 11.8. The molecule has 0 aromatic rings. The van der Waals surface area contributed by atoms with Crippen molar-refractivity contribution in [3.05, 3.63) is 0 Å². The van der Waals surface area contributed by atoms with Crippen molar-refractivity contribution < 1.29 is 14.6 Å². The smallest absolute Gasteiger partial charge is 0.325 e. The SMILES string of the molecule is CCC(C)NC(CO)C(=O)OC. The van der Waals surface area contributed by atoms with Crippen molar-refractivity contribution in [3.63, 3.8) is 0 Å². The minimum absolute atomic E-state index is 0.209. The van der Waals surface area contributed by atoms with Crippen molar-refractivity contribution in [3.8, 4) is 0 Å². The van der Waals surface area contributed by atoms with Crippen molar-refractivity contribution >= 4 is 5.97 Å². The fraction of sp³-hybridized carbons (Fsp3) is 0.875. The first-order valence-corrected chi connectivity index (χ1v) is 4.10. The van der Waals surface area contributed by atoms with Gasteiger partial charge in [-0.2, -0.15) is 0 Å². The molecule has 0 aliphatic carbocycles. The standard InChI is InChI=1S/C8H17NO3/c1-4-6(2)9-7(5-10)8(11)12-3/h6-7,9-10H,4-5H2,1-3H3. The highest BCUT2D eigenvalue weighted by Crippen LogP contribution is 1.93. The van der Waals surface area contributed by atoms with Crippen LogP contribution >= 0.6 is 0 Å². The van der Waals surface area contributed by atoms with Crippen LogP contribution in [0.15, 0.2) is 0 Å². The summed E-state index contributed by atoms with van der Waals surface area (Å²) in [4.78, 5) is 10.9. The van der Waals surface area contributed by atoms with E-state index in [0.29, 0.717) is 0 Å². The molecule has 0 radical (unpaired) electrons. The van der Waals surface area contributed by atoms with Crippen LogP contribution in [0.1, 0.15) is 20.3 Å². The molecule has 0 spiro atoms. The van der Waals surface area contributed by atoms with Crippen LogP contribution in [0.25, 0.3) is 0 Å². The summed E-state index contributed by atoms with van der Waals surface area (Å²) < 4.78 is 4.49. The Kier molecular flexibility index (Phi) is 5.66. The van der Waals surface area contributed by atoms with Gasteiger partial charge in [-0.1, -0.05) is 6.92 Å². The molecule has 0 saturated heterocycles. The van der Waals surface area contributed by atoms with Crippen molar-refractivity contribution in [2.75, 3.05) is 13.7 Å². The predicted molar refractivity (Wildman–Crippen MR) is 45.8 cm³/mol. The Morgan fingerprint density at radius 1 is 1.67 bits per heavy atom. The van der Waals surface area contributed by atoms with Gasteiger partial charge in [-0.3, -0.25) is 10.1 Å². The van der Waals surface area contributed by atoms with Gasteiger partial charge in [0.05, 0.1) is 13.7 Å². The number of nitrogens with one attached hydrogen (secondary N) is 1. The summed E-state index contributed by atoms with van der Waals surface area (Å²) in [6, 6.07) is -0.383. The fourth-order valence-corrected chi connectivity index (χ4v) is 0.799. The van der Waals surface area contributed by atoms with Gasteiger partial charge in [-0.25, -0.2) is 0 Å². The summed E-state index contributed by atoms with van der Waals surface area (Å²) in [7, 11) is 1.31. The number of hydrogen-bond acceptors (Lipinski definition) is 4. The lowest BCUT2D eigenvalue weighted by atomic mass is 10.2. The van der Waals surface area contributed by atoms with Crippen molar-refractivity contribution in [2.45, 2.75) is 32.4 Å². The molecule has 4 heteroatoms. The van der Waals surface area contributed by atoms with Gasteiger partial charge in [-0.05, 0) is 13.3 Å². The molecular weight excluding hydrogens is 158 g/mol. The van der Waals surface area contributed by atoms with Gasteiger partial charge in [0.25, 0.3) is 0 Å². The lowest BCUT2D eigenvalue weighted by molar-refractivity contribution is -0.144. The van der Waals surface area contributed by atoms with Crippen LogP contribution in [-0.4, -0.2) is 36.9 Å². The minimum atomic E-state index is -0.593. The van der Waals surface area contributed by atoms with E-state index in [2.05, 4.69) is 10.1 Å².